The first kappa shape index (κ1) is 14.5. The molecule has 6 heteroatoms. The minimum atomic E-state index is -0.936. The van der Waals surface area contributed by atoms with Gasteiger partial charge in [-0.05, 0) is 37.6 Å². The summed E-state index contributed by atoms with van der Waals surface area (Å²) in [5.74, 6) is -0.612. The topological polar surface area (TPSA) is 59.4 Å². The monoisotopic (exact) mass is 295 g/mol. The number of nitrogens with zero attached hydrogens (tertiary/aromatic N) is 1. The highest BCUT2D eigenvalue weighted by Gasteiger charge is 2.13. The van der Waals surface area contributed by atoms with Crippen LogP contribution < -0.4 is 4.74 Å². The summed E-state index contributed by atoms with van der Waals surface area (Å²) in [5.41, 5.74) is 0.553. The van der Waals surface area contributed by atoms with Crippen LogP contribution in [-0.4, -0.2) is 22.7 Å². The number of thiazole rings is 1. The Hall–Kier alpha value is -1.95. The molecular formula is C14H14FNO3S. The number of hydrogen-bond donors (Lipinski definition) is 1. The summed E-state index contributed by atoms with van der Waals surface area (Å²) < 4.78 is 18.2. The highest BCUT2D eigenvalue weighted by atomic mass is 32.1. The second kappa shape index (κ2) is 6.47. The number of aromatic carboxylic acids is 1. The molecule has 0 aliphatic heterocycles. The fourth-order valence-electron chi connectivity index (χ4n) is 1.70. The molecule has 0 saturated carbocycles. The molecule has 0 aliphatic carbocycles. The fourth-order valence-corrected chi connectivity index (χ4v) is 2.65. The molecule has 0 fully saturated rings. The van der Waals surface area contributed by atoms with Crippen LogP contribution in [0.3, 0.4) is 0 Å². The average Bonchev–Trinajstić information content (AvgIpc) is 2.78. The van der Waals surface area contributed by atoms with E-state index in [1.165, 1.54) is 23.5 Å². The van der Waals surface area contributed by atoms with Crippen LogP contribution in [0.2, 0.25) is 0 Å². The quantitative estimate of drug-likeness (QED) is 0.831. The van der Waals surface area contributed by atoms with Gasteiger partial charge in [0.05, 0.1) is 17.3 Å². The van der Waals surface area contributed by atoms with Crippen LogP contribution in [-0.2, 0) is 6.42 Å². The number of aromatic nitrogens is 1. The molecule has 20 heavy (non-hydrogen) atoms. The van der Waals surface area contributed by atoms with Crippen LogP contribution >= 0.6 is 11.3 Å². The number of carboxylic acid groups (broad SMARTS) is 1. The summed E-state index contributed by atoms with van der Waals surface area (Å²) in [4.78, 5) is 15.4. The van der Waals surface area contributed by atoms with Gasteiger partial charge < -0.3 is 9.84 Å². The van der Waals surface area contributed by atoms with Crippen molar-refractivity contribution in [2.24, 2.45) is 0 Å². The lowest BCUT2D eigenvalue weighted by Crippen LogP contribution is -1.99. The van der Waals surface area contributed by atoms with Crippen molar-refractivity contribution in [3.05, 3.63) is 45.7 Å². The number of rotatable bonds is 6. The van der Waals surface area contributed by atoms with Crippen LogP contribution in [0.25, 0.3) is 0 Å². The van der Waals surface area contributed by atoms with E-state index in [0.29, 0.717) is 29.3 Å². The third-order valence-electron chi connectivity index (χ3n) is 2.65. The molecule has 1 aromatic heterocycles. The van der Waals surface area contributed by atoms with Gasteiger partial charge in [0.2, 0.25) is 0 Å². The molecule has 2 aromatic rings. The maximum atomic E-state index is 12.7. The standard InChI is InChI=1S/C14H14FNO3S/c1-9-13(14(17)18)20-12(16-9)3-2-8-19-11-6-4-10(15)5-7-11/h4-7H,2-3,8H2,1H3,(H,17,18). The zero-order valence-electron chi connectivity index (χ0n) is 10.9. The van der Waals surface area contributed by atoms with Gasteiger partial charge in [0.1, 0.15) is 16.4 Å². The lowest BCUT2D eigenvalue weighted by Gasteiger charge is -2.04. The predicted octanol–water partition coefficient (Wildman–Crippen LogP) is 3.30. The summed E-state index contributed by atoms with van der Waals surface area (Å²) in [5, 5.41) is 9.73. The van der Waals surface area contributed by atoms with Gasteiger partial charge in [0.25, 0.3) is 0 Å². The van der Waals surface area contributed by atoms with Crippen LogP contribution in [0.4, 0.5) is 4.39 Å². The van der Waals surface area contributed by atoms with Gasteiger partial charge in [-0.2, -0.15) is 0 Å². The lowest BCUT2D eigenvalue weighted by atomic mass is 10.3. The van der Waals surface area contributed by atoms with E-state index in [1.54, 1.807) is 19.1 Å². The third kappa shape index (κ3) is 3.77. The van der Waals surface area contributed by atoms with Crippen molar-refractivity contribution >= 4 is 17.3 Å². The molecule has 0 aliphatic rings. The molecule has 106 valence electrons. The van der Waals surface area contributed by atoms with Gasteiger partial charge in [-0.1, -0.05) is 0 Å². The summed E-state index contributed by atoms with van der Waals surface area (Å²) in [6, 6.07) is 5.84. The summed E-state index contributed by atoms with van der Waals surface area (Å²) >= 11 is 1.20. The molecule has 2 rings (SSSR count). The Kier molecular flexibility index (Phi) is 4.68. The van der Waals surface area contributed by atoms with E-state index in [1.807, 2.05) is 0 Å². The van der Waals surface area contributed by atoms with Crippen molar-refractivity contribution in [1.29, 1.82) is 0 Å². The Balaban J connectivity index is 1.80. The molecule has 1 heterocycles. The van der Waals surface area contributed by atoms with Gasteiger partial charge >= 0.3 is 5.97 Å². The molecule has 4 nitrogen and oxygen atoms in total. The van der Waals surface area contributed by atoms with E-state index >= 15 is 0 Å². The van der Waals surface area contributed by atoms with Crippen molar-refractivity contribution in [2.45, 2.75) is 19.8 Å². The number of carbonyl (C=O) groups is 1. The predicted molar refractivity (Wildman–Crippen MR) is 74.0 cm³/mol. The zero-order valence-corrected chi connectivity index (χ0v) is 11.7. The molecule has 0 bridgehead atoms. The van der Waals surface area contributed by atoms with Gasteiger partial charge in [-0.3, -0.25) is 0 Å². The molecular weight excluding hydrogens is 281 g/mol. The molecule has 0 radical (unpaired) electrons. The third-order valence-corrected chi connectivity index (χ3v) is 3.86. The summed E-state index contributed by atoms with van der Waals surface area (Å²) in [6.45, 7) is 2.17. The number of carboxylic acids is 1. The molecule has 1 N–H and O–H groups in total. The highest BCUT2D eigenvalue weighted by Crippen LogP contribution is 2.19. The first-order chi connectivity index (χ1) is 9.56. The SMILES string of the molecule is Cc1nc(CCCOc2ccc(F)cc2)sc1C(=O)O. The van der Waals surface area contributed by atoms with Crippen LogP contribution in [0, 0.1) is 12.7 Å². The molecule has 0 amide bonds. The molecule has 0 atom stereocenters. The minimum absolute atomic E-state index is 0.291. The zero-order chi connectivity index (χ0) is 14.5. The number of benzene rings is 1. The maximum absolute atomic E-state index is 12.7. The van der Waals surface area contributed by atoms with Crippen molar-refractivity contribution in [2.75, 3.05) is 6.61 Å². The Morgan fingerprint density at radius 3 is 2.70 bits per heavy atom. The van der Waals surface area contributed by atoms with Crippen molar-refractivity contribution < 1.29 is 19.0 Å². The molecule has 0 spiro atoms. The van der Waals surface area contributed by atoms with Crippen molar-refractivity contribution in [3.8, 4) is 5.75 Å². The fraction of sp³-hybridized carbons (Fsp3) is 0.286. The second-order valence-electron chi connectivity index (χ2n) is 4.23. The number of aryl methyl sites for hydroxylation is 2. The van der Waals surface area contributed by atoms with E-state index in [4.69, 9.17) is 9.84 Å². The Bertz CT molecular complexity index is 595. The number of ether oxygens (including phenoxy) is 1. The largest absolute Gasteiger partial charge is 0.494 e. The second-order valence-corrected chi connectivity index (χ2v) is 5.32. The summed E-state index contributed by atoms with van der Waals surface area (Å²) in [7, 11) is 0. The van der Waals surface area contributed by atoms with Crippen LogP contribution in [0.1, 0.15) is 26.8 Å². The highest BCUT2D eigenvalue weighted by molar-refractivity contribution is 7.13. The van der Waals surface area contributed by atoms with E-state index in [0.717, 1.165) is 11.4 Å². The van der Waals surface area contributed by atoms with Gasteiger partial charge in [-0.15, -0.1) is 11.3 Å². The van der Waals surface area contributed by atoms with E-state index in [9.17, 15) is 9.18 Å². The molecule has 0 unspecified atom stereocenters. The van der Waals surface area contributed by atoms with Crippen molar-refractivity contribution in [1.82, 2.24) is 4.98 Å². The van der Waals surface area contributed by atoms with Gasteiger partial charge in [0.15, 0.2) is 0 Å². The van der Waals surface area contributed by atoms with E-state index < -0.39 is 5.97 Å². The summed E-state index contributed by atoms with van der Waals surface area (Å²) in [6.07, 6.45) is 1.39. The number of halogens is 1. The van der Waals surface area contributed by atoms with E-state index in [-0.39, 0.29) is 5.82 Å². The van der Waals surface area contributed by atoms with Crippen LogP contribution in [0.15, 0.2) is 24.3 Å². The smallest absolute Gasteiger partial charge is 0.347 e. The number of hydrogen-bond acceptors (Lipinski definition) is 4. The van der Waals surface area contributed by atoms with Crippen molar-refractivity contribution in [3.63, 3.8) is 0 Å². The average molecular weight is 295 g/mol. The normalized spacial score (nSPS) is 10.5. The van der Waals surface area contributed by atoms with Gasteiger partial charge in [-0.25, -0.2) is 14.2 Å². The van der Waals surface area contributed by atoms with Gasteiger partial charge in [0, 0.05) is 6.42 Å². The Morgan fingerprint density at radius 1 is 1.40 bits per heavy atom. The van der Waals surface area contributed by atoms with E-state index in [2.05, 4.69) is 4.98 Å². The van der Waals surface area contributed by atoms with Crippen LogP contribution in [0.5, 0.6) is 5.75 Å². The Labute approximate surface area is 119 Å². The lowest BCUT2D eigenvalue weighted by molar-refractivity contribution is 0.0701. The first-order valence-electron chi connectivity index (χ1n) is 6.14. The minimum Gasteiger partial charge on any atom is -0.494 e. The molecule has 0 saturated heterocycles. The maximum Gasteiger partial charge on any atom is 0.347 e. The first-order valence-corrected chi connectivity index (χ1v) is 6.96. The Morgan fingerprint density at radius 2 is 2.10 bits per heavy atom. The molecule has 1 aromatic carbocycles.